The summed E-state index contributed by atoms with van der Waals surface area (Å²) in [5, 5.41) is 5.23. The molecule has 182 valence electrons. The first-order valence-corrected chi connectivity index (χ1v) is 11.8. The number of carbonyl (C=O) groups excluding carboxylic acids is 4. The van der Waals surface area contributed by atoms with Gasteiger partial charge in [0.2, 0.25) is 0 Å². The van der Waals surface area contributed by atoms with Crippen LogP contribution in [0.25, 0.3) is 6.08 Å². The van der Waals surface area contributed by atoms with E-state index >= 15 is 0 Å². The molecule has 3 aromatic carbocycles. The molecular formula is C26H19BrClN3O5. The highest BCUT2D eigenvalue weighted by atomic mass is 79.9. The number of halogens is 2. The number of aryl methyl sites for hydroxylation is 1. The molecule has 3 aromatic rings. The van der Waals surface area contributed by atoms with Crippen LogP contribution in [0.3, 0.4) is 0 Å². The predicted molar refractivity (Wildman–Crippen MR) is 140 cm³/mol. The number of hydrogen-bond donors (Lipinski definition) is 2. The lowest BCUT2D eigenvalue weighted by Gasteiger charge is -2.27. The summed E-state index contributed by atoms with van der Waals surface area (Å²) < 4.78 is 6.34. The zero-order valence-corrected chi connectivity index (χ0v) is 21.2. The van der Waals surface area contributed by atoms with E-state index in [4.69, 9.17) is 16.3 Å². The Bertz CT molecular complexity index is 1410. The SMILES string of the molecule is Cc1ccc(Cl)cc1N1C(=O)NC(=O)/C(=C\c2cc(Br)ccc2OCC(=O)Nc2ccccc2)C1=O. The molecule has 10 heteroatoms. The molecule has 1 aliphatic heterocycles. The Balaban J connectivity index is 1.62. The summed E-state index contributed by atoms with van der Waals surface area (Å²) in [6, 6.07) is 17.7. The average Bonchev–Trinajstić information content (AvgIpc) is 2.84. The molecule has 0 aliphatic carbocycles. The lowest BCUT2D eigenvalue weighted by molar-refractivity contribution is -0.122. The molecule has 5 amide bonds. The van der Waals surface area contributed by atoms with Crippen LogP contribution < -0.4 is 20.3 Å². The molecule has 1 heterocycles. The molecule has 0 spiro atoms. The van der Waals surface area contributed by atoms with Gasteiger partial charge in [0.1, 0.15) is 11.3 Å². The van der Waals surface area contributed by atoms with Gasteiger partial charge in [0.05, 0.1) is 5.69 Å². The lowest BCUT2D eigenvalue weighted by Crippen LogP contribution is -2.54. The number of ether oxygens (including phenoxy) is 1. The minimum atomic E-state index is -0.879. The van der Waals surface area contributed by atoms with E-state index in [0.29, 0.717) is 26.3 Å². The van der Waals surface area contributed by atoms with Crippen molar-refractivity contribution in [2.45, 2.75) is 6.92 Å². The van der Waals surface area contributed by atoms with Gasteiger partial charge in [-0.3, -0.25) is 19.7 Å². The summed E-state index contributed by atoms with van der Waals surface area (Å²) >= 11 is 9.43. The predicted octanol–water partition coefficient (Wildman–Crippen LogP) is 5.09. The molecule has 0 bridgehead atoms. The quantitative estimate of drug-likeness (QED) is 0.318. The van der Waals surface area contributed by atoms with Crippen molar-refractivity contribution >= 4 is 68.7 Å². The molecule has 0 radical (unpaired) electrons. The van der Waals surface area contributed by atoms with E-state index in [1.165, 1.54) is 12.1 Å². The maximum Gasteiger partial charge on any atom is 0.335 e. The van der Waals surface area contributed by atoms with Gasteiger partial charge in [0, 0.05) is 20.7 Å². The fourth-order valence-corrected chi connectivity index (χ4v) is 4.03. The number of amides is 5. The number of nitrogens with one attached hydrogen (secondary N) is 2. The third-order valence-corrected chi connectivity index (χ3v) is 5.93. The molecule has 36 heavy (non-hydrogen) atoms. The van der Waals surface area contributed by atoms with Crippen LogP contribution in [0.5, 0.6) is 5.75 Å². The Morgan fingerprint density at radius 2 is 1.83 bits per heavy atom. The van der Waals surface area contributed by atoms with Crippen LogP contribution in [-0.2, 0) is 14.4 Å². The third-order valence-electron chi connectivity index (χ3n) is 5.20. The number of urea groups is 1. The van der Waals surface area contributed by atoms with E-state index in [1.807, 2.05) is 6.07 Å². The van der Waals surface area contributed by atoms with E-state index in [1.54, 1.807) is 61.5 Å². The van der Waals surface area contributed by atoms with Crippen LogP contribution in [0.15, 0.2) is 76.8 Å². The molecule has 1 fully saturated rings. The van der Waals surface area contributed by atoms with Gasteiger partial charge in [-0.05, 0) is 61.0 Å². The fraction of sp³-hybridized carbons (Fsp3) is 0.0769. The Morgan fingerprint density at radius 1 is 1.08 bits per heavy atom. The van der Waals surface area contributed by atoms with E-state index in [-0.39, 0.29) is 29.5 Å². The maximum atomic E-state index is 13.3. The number of para-hydroxylation sites is 1. The van der Waals surface area contributed by atoms with Gasteiger partial charge >= 0.3 is 6.03 Å². The van der Waals surface area contributed by atoms with Gasteiger partial charge in [-0.1, -0.05) is 51.8 Å². The lowest BCUT2D eigenvalue weighted by atomic mass is 10.0. The highest BCUT2D eigenvalue weighted by Gasteiger charge is 2.37. The number of carbonyl (C=O) groups is 4. The van der Waals surface area contributed by atoms with Gasteiger partial charge in [-0.25, -0.2) is 9.69 Å². The zero-order chi connectivity index (χ0) is 25.8. The van der Waals surface area contributed by atoms with Crippen molar-refractivity contribution in [3.8, 4) is 5.75 Å². The van der Waals surface area contributed by atoms with Crippen molar-refractivity contribution in [1.82, 2.24) is 5.32 Å². The topological polar surface area (TPSA) is 105 Å². The molecule has 8 nitrogen and oxygen atoms in total. The Hall–Kier alpha value is -3.95. The first-order valence-electron chi connectivity index (χ1n) is 10.7. The average molecular weight is 569 g/mol. The minimum Gasteiger partial charge on any atom is -0.483 e. The first-order chi connectivity index (χ1) is 17.2. The van der Waals surface area contributed by atoms with Gasteiger partial charge < -0.3 is 10.1 Å². The van der Waals surface area contributed by atoms with E-state index < -0.39 is 17.8 Å². The standard InChI is InChI=1S/C26H19BrClN3O5/c1-15-7-9-18(28)13-21(15)31-25(34)20(24(33)30-26(31)35)12-16-11-17(27)8-10-22(16)36-14-23(32)29-19-5-3-2-4-6-19/h2-13H,14H2,1H3,(H,29,32)(H,30,33,35)/b20-12+. The van der Waals surface area contributed by atoms with Crippen LogP contribution in [0.4, 0.5) is 16.2 Å². The highest BCUT2D eigenvalue weighted by molar-refractivity contribution is 9.10. The van der Waals surface area contributed by atoms with Crippen molar-refractivity contribution in [2.24, 2.45) is 0 Å². The van der Waals surface area contributed by atoms with Crippen LogP contribution in [0.2, 0.25) is 5.02 Å². The normalized spacial score (nSPS) is 14.6. The molecule has 0 atom stereocenters. The van der Waals surface area contributed by atoms with Crippen molar-refractivity contribution in [2.75, 3.05) is 16.8 Å². The summed E-state index contributed by atoms with van der Waals surface area (Å²) in [5.41, 5.74) is 1.56. The Morgan fingerprint density at radius 3 is 2.58 bits per heavy atom. The second-order valence-corrected chi connectivity index (χ2v) is 9.13. The number of anilines is 2. The number of hydrogen-bond acceptors (Lipinski definition) is 5. The Kier molecular flexibility index (Phi) is 7.52. The number of nitrogens with zero attached hydrogens (tertiary/aromatic N) is 1. The highest BCUT2D eigenvalue weighted by Crippen LogP contribution is 2.30. The van der Waals surface area contributed by atoms with Crippen LogP contribution in [0.1, 0.15) is 11.1 Å². The van der Waals surface area contributed by atoms with Gasteiger partial charge in [-0.2, -0.15) is 0 Å². The van der Waals surface area contributed by atoms with Crippen molar-refractivity contribution in [3.05, 3.63) is 92.9 Å². The smallest absolute Gasteiger partial charge is 0.335 e. The van der Waals surface area contributed by atoms with Gasteiger partial charge in [0.15, 0.2) is 6.61 Å². The Labute approximate surface area is 220 Å². The van der Waals surface area contributed by atoms with E-state index in [0.717, 1.165) is 4.90 Å². The summed E-state index contributed by atoms with van der Waals surface area (Å²) in [6.07, 6.45) is 1.31. The van der Waals surface area contributed by atoms with E-state index in [9.17, 15) is 19.2 Å². The van der Waals surface area contributed by atoms with Crippen LogP contribution >= 0.6 is 27.5 Å². The number of imide groups is 2. The van der Waals surface area contributed by atoms with E-state index in [2.05, 4.69) is 26.6 Å². The number of rotatable bonds is 6. The third kappa shape index (κ3) is 5.64. The summed E-state index contributed by atoms with van der Waals surface area (Å²) in [6.45, 7) is 1.41. The molecule has 2 N–H and O–H groups in total. The number of benzene rings is 3. The second kappa shape index (κ2) is 10.8. The van der Waals surface area contributed by atoms with Crippen molar-refractivity contribution < 1.29 is 23.9 Å². The fourth-order valence-electron chi connectivity index (χ4n) is 3.48. The van der Waals surface area contributed by atoms with Crippen LogP contribution in [0, 0.1) is 6.92 Å². The second-order valence-electron chi connectivity index (χ2n) is 7.77. The zero-order valence-electron chi connectivity index (χ0n) is 18.9. The molecular weight excluding hydrogens is 550 g/mol. The molecule has 1 saturated heterocycles. The van der Waals surface area contributed by atoms with Gasteiger partial charge in [0.25, 0.3) is 17.7 Å². The minimum absolute atomic E-state index is 0.256. The maximum absolute atomic E-state index is 13.3. The van der Waals surface area contributed by atoms with Gasteiger partial charge in [-0.15, -0.1) is 0 Å². The summed E-state index contributed by atoms with van der Waals surface area (Å²) in [5.74, 6) is -1.80. The monoisotopic (exact) mass is 567 g/mol. The molecule has 0 unspecified atom stereocenters. The number of barbiturate groups is 1. The largest absolute Gasteiger partial charge is 0.483 e. The summed E-state index contributed by atoms with van der Waals surface area (Å²) in [4.78, 5) is 51.7. The summed E-state index contributed by atoms with van der Waals surface area (Å²) in [7, 11) is 0. The molecule has 0 saturated carbocycles. The van der Waals surface area contributed by atoms with Crippen molar-refractivity contribution in [1.29, 1.82) is 0 Å². The van der Waals surface area contributed by atoms with Crippen molar-refractivity contribution in [3.63, 3.8) is 0 Å². The molecule has 4 rings (SSSR count). The van der Waals surface area contributed by atoms with Crippen LogP contribution in [-0.4, -0.2) is 30.4 Å². The molecule has 0 aromatic heterocycles. The molecule has 1 aliphatic rings. The first kappa shape index (κ1) is 25.2.